The predicted molar refractivity (Wildman–Crippen MR) is 62.0 cm³/mol. The van der Waals surface area contributed by atoms with Crippen LogP contribution in [0.25, 0.3) is 10.9 Å². The molecule has 0 fully saturated rings. The highest BCUT2D eigenvalue weighted by molar-refractivity contribution is 6.17. The molecular weight excluding hydrogens is 208 g/mol. The Kier molecular flexibility index (Phi) is 2.94. The van der Waals surface area contributed by atoms with Gasteiger partial charge in [0.05, 0.1) is 5.56 Å². The first kappa shape index (κ1) is 10.1. The van der Waals surface area contributed by atoms with Crippen LogP contribution in [0.2, 0.25) is 0 Å². The van der Waals surface area contributed by atoms with E-state index in [-0.39, 0.29) is 0 Å². The molecule has 2 nitrogen and oxygen atoms in total. The molecule has 0 unspecified atom stereocenters. The van der Waals surface area contributed by atoms with Crippen LogP contribution in [0.15, 0.2) is 30.5 Å². The minimum absolute atomic E-state index is 0.647. The van der Waals surface area contributed by atoms with Crippen LogP contribution in [-0.4, -0.2) is 10.4 Å². The number of hydrogen-bond acceptors (Lipinski definition) is 1. The third-order valence-corrected chi connectivity index (χ3v) is 2.71. The fraction of sp³-hybridized carbons (Fsp3) is 0.250. The molecule has 0 aliphatic carbocycles. The second kappa shape index (κ2) is 4.37. The Hall–Kier alpha value is -1.46. The summed E-state index contributed by atoms with van der Waals surface area (Å²) >= 11 is 5.66. The maximum Gasteiger partial charge on any atom is 0.101 e. The molecule has 1 heterocycles. The van der Waals surface area contributed by atoms with Crippen LogP contribution in [0, 0.1) is 11.3 Å². The Labute approximate surface area is 93.7 Å². The van der Waals surface area contributed by atoms with Gasteiger partial charge in [-0.3, -0.25) is 0 Å². The molecule has 0 radical (unpaired) electrons. The van der Waals surface area contributed by atoms with Crippen LogP contribution in [-0.2, 0) is 6.54 Å². The van der Waals surface area contributed by atoms with Gasteiger partial charge in [-0.2, -0.15) is 5.26 Å². The largest absolute Gasteiger partial charge is 0.346 e. The Balaban J connectivity index is 2.51. The van der Waals surface area contributed by atoms with Gasteiger partial charge in [0.2, 0.25) is 0 Å². The number of nitrogens with zero attached hydrogens (tertiary/aromatic N) is 2. The van der Waals surface area contributed by atoms with E-state index in [1.165, 1.54) is 0 Å². The van der Waals surface area contributed by atoms with Gasteiger partial charge < -0.3 is 4.57 Å². The van der Waals surface area contributed by atoms with Gasteiger partial charge in [0.15, 0.2) is 0 Å². The molecule has 0 bridgehead atoms. The minimum atomic E-state index is 0.647. The van der Waals surface area contributed by atoms with E-state index in [0.717, 1.165) is 29.4 Å². The molecular formula is C12H11ClN2. The summed E-state index contributed by atoms with van der Waals surface area (Å²) in [4.78, 5) is 0. The van der Waals surface area contributed by atoms with Gasteiger partial charge >= 0.3 is 0 Å². The number of aryl methyl sites for hydroxylation is 1. The van der Waals surface area contributed by atoms with Gasteiger partial charge in [-0.15, -0.1) is 11.6 Å². The lowest BCUT2D eigenvalue weighted by Crippen LogP contribution is -1.95. The SMILES string of the molecule is N#Cc1cn(CCCCl)c2ccccc12. The second-order valence-electron chi connectivity index (χ2n) is 3.41. The summed E-state index contributed by atoms with van der Waals surface area (Å²) in [7, 11) is 0. The standard InChI is InChI=1S/C12H11ClN2/c13-6-3-7-15-9-10(8-14)11-4-1-2-5-12(11)15/h1-2,4-5,9H,3,6-7H2. The Bertz CT molecular complexity index is 508. The number of para-hydroxylation sites is 1. The lowest BCUT2D eigenvalue weighted by molar-refractivity contribution is 0.706. The summed E-state index contributed by atoms with van der Waals surface area (Å²) in [5.74, 6) is 0.647. The van der Waals surface area contributed by atoms with Gasteiger partial charge in [0.1, 0.15) is 6.07 Å². The molecule has 76 valence electrons. The van der Waals surface area contributed by atoms with Crippen molar-refractivity contribution in [1.82, 2.24) is 4.57 Å². The molecule has 0 aliphatic rings. The zero-order valence-corrected chi connectivity index (χ0v) is 9.04. The first-order valence-corrected chi connectivity index (χ1v) is 5.44. The van der Waals surface area contributed by atoms with E-state index >= 15 is 0 Å². The number of nitriles is 1. The lowest BCUT2D eigenvalue weighted by Gasteiger charge is -2.02. The van der Waals surface area contributed by atoms with Crippen LogP contribution >= 0.6 is 11.6 Å². The molecule has 15 heavy (non-hydrogen) atoms. The van der Waals surface area contributed by atoms with Gasteiger partial charge in [-0.25, -0.2) is 0 Å². The first-order valence-electron chi connectivity index (χ1n) is 4.90. The molecule has 1 aromatic heterocycles. The van der Waals surface area contributed by atoms with Crippen molar-refractivity contribution >= 4 is 22.5 Å². The first-order chi connectivity index (χ1) is 7.36. The summed E-state index contributed by atoms with van der Waals surface area (Å²) in [5.41, 5.74) is 1.85. The number of rotatable bonds is 3. The molecule has 1 aromatic carbocycles. The van der Waals surface area contributed by atoms with E-state index in [9.17, 15) is 0 Å². The summed E-state index contributed by atoms with van der Waals surface area (Å²) in [6.07, 6.45) is 2.82. The summed E-state index contributed by atoms with van der Waals surface area (Å²) < 4.78 is 2.09. The highest BCUT2D eigenvalue weighted by atomic mass is 35.5. The molecule has 0 saturated carbocycles. The Morgan fingerprint density at radius 1 is 1.33 bits per heavy atom. The van der Waals surface area contributed by atoms with E-state index in [2.05, 4.69) is 10.6 Å². The predicted octanol–water partition coefficient (Wildman–Crippen LogP) is 3.14. The number of alkyl halides is 1. The summed E-state index contributed by atoms with van der Waals surface area (Å²) in [6, 6.07) is 10.2. The van der Waals surface area contributed by atoms with Crippen LogP contribution in [0.1, 0.15) is 12.0 Å². The molecule has 0 amide bonds. The van der Waals surface area contributed by atoms with Crippen molar-refractivity contribution in [2.45, 2.75) is 13.0 Å². The lowest BCUT2D eigenvalue weighted by atomic mass is 10.2. The van der Waals surface area contributed by atoms with Crippen LogP contribution in [0.3, 0.4) is 0 Å². The maximum absolute atomic E-state index is 8.98. The van der Waals surface area contributed by atoms with E-state index in [1.54, 1.807) is 0 Å². The number of halogens is 1. The molecule has 0 aliphatic heterocycles. The van der Waals surface area contributed by atoms with Crippen LogP contribution in [0.4, 0.5) is 0 Å². The second-order valence-corrected chi connectivity index (χ2v) is 3.79. The van der Waals surface area contributed by atoms with Gasteiger partial charge in [-0.1, -0.05) is 18.2 Å². The fourth-order valence-electron chi connectivity index (χ4n) is 1.75. The van der Waals surface area contributed by atoms with E-state index in [1.807, 2.05) is 30.5 Å². The molecule has 2 rings (SSSR count). The van der Waals surface area contributed by atoms with Crippen LogP contribution < -0.4 is 0 Å². The number of benzene rings is 1. The minimum Gasteiger partial charge on any atom is -0.346 e. The molecule has 0 N–H and O–H groups in total. The maximum atomic E-state index is 8.98. The van der Waals surface area contributed by atoms with Crippen molar-refractivity contribution < 1.29 is 0 Å². The van der Waals surface area contributed by atoms with E-state index in [0.29, 0.717) is 5.88 Å². The highest BCUT2D eigenvalue weighted by Gasteiger charge is 2.06. The quantitative estimate of drug-likeness (QED) is 0.728. The van der Waals surface area contributed by atoms with Gasteiger partial charge in [0.25, 0.3) is 0 Å². The highest BCUT2D eigenvalue weighted by Crippen LogP contribution is 2.20. The average molecular weight is 219 g/mol. The van der Waals surface area contributed by atoms with Gasteiger partial charge in [-0.05, 0) is 12.5 Å². The topological polar surface area (TPSA) is 28.7 Å². The normalized spacial score (nSPS) is 10.4. The number of fused-ring (bicyclic) bond motifs is 1. The van der Waals surface area contributed by atoms with Crippen molar-refractivity contribution in [3.05, 3.63) is 36.0 Å². The molecule has 0 atom stereocenters. The smallest absolute Gasteiger partial charge is 0.101 e. The zero-order valence-electron chi connectivity index (χ0n) is 8.28. The van der Waals surface area contributed by atoms with Crippen molar-refractivity contribution in [3.8, 4) is 6.07 Å². The summed E-state index contributed by atoms with van der Waals surface area (Å²) in [5, 5.41) is 10.0. The number of aromatic nitrogens is 1. The third kappa shape index (κ3) is 1.84. The van der Waals surface area contributed by atoms with Crippen molar-refractivity contribution in [1.29, 1.82) is 5.26 Å². The van der Waals surface area contributed by atoms with E-state index < -0.39 is 0 Å². The zero-order chi connectivity index (χ0) is 10.7. The third-order valence-electron chi connectivity index (χ3n) is 2.44. The summed E-state index contributed by atoms with van der Waals surface area (Å²) in [6.45, 7) is 0.867. The van der Waals surface area contributed by atoms with E-state index in [4.69, 9.17) is 16.9 Å². The number of hydrogen-bond donors (Lipinski definition) is 0. The molecule has 2 aromatic rings. The van der Waals surface area contributed by atoms with Crippen molar-refractivity contribution in [3.63, 3.8) is 0 Å². The fourth-order valence-corrected chi connectivity index (χ4v) is 1.87. The van der Waals surface area contributed by atoms with Crippen molar-refractivity contribution in [2.75, 3.05) is 5.88 Å². The molecule has 0 saturated heterocycles. The van der Waals surface area contributed by atoms with Gasteiger partial charge in [0, 0.05) is 29.5 Å². The molecule has 0 spiro atoms. The Morgan fingerprint density at radius 3 is 2.87 bits per heavy atom. The van der Waals surface area contributed by atoms with Crippen LogP contribution in [0.5, 0.6) is 0 Å². The Morgan fingerprint density at radius 2 is 2.13 bits per heavy atom. The van der Waals surface area contributed by atoms with Crippen molar-refractivity contribution in [2.24, 2.45) is 0 Å². The molecule has 3 heteroatoms. The average Bonchev–Trinajstić information content (AvgIpc) is 2.65. The monoisotopic (exact) mass is 218 g/mol.